The molecule has 3 N–H and O–H groups in total. The summed E-state index contributed by atoms with van der Waals surface area (Å²) in [6.45, 7) is 1.57. The summed E-state index contributed by atoms with van der Waals surface area (Å²) in [4.78, 5) is 9.43. The lowest BCUT2D eigenvalue weighted by molar-refractivity contribution is -0.137. The maximum Gasteiger partial charge on any atom is 0.417 e. The summed E-state index contributed by atoms with van der Waals surface area (Å²) < 4.78 is 38.8. The first-order chi connectivity index (χ1) is 13.1. The Kier molecular flexibility index (Phi) is 6.54. The maximum atomic E-state index is 12.9. The van der Waals surface area contributed by atoms with Gasteiger partial charge in [0.2, 0.25) is 0 Å². The Hall–Kier alpha value is -1.35. The van der Waals surface area contributed by atoms with Crippen molar-refractivity contribution in [2.24, 2.45) is 5.92 Å². The second kappa shape index (κ2) is 8.57. The first-order valence-electron chi connectivity index (χ1n) is 9.45. The van der Waals surface area contributed by atoms with Crippen molar-refractivity contribution in [2.75, 3.05) is 20.1 Å². The molecule has 0 spiro atoms. The number of rotatable bonds is 7. The molecular weight excluding hydrogens is 395 g/mol. The van der Waals surface area contributed by atoms with Crippen LogP contribution < -0.4 is 0 Å². The van der Waals surface area contributed by atoms with Crippen molar-refractivity contribution in [2.45, 2.75) is 50.5 Å². The summed E-state index contributed by atoms with van der Waals surface area (Å²) >= 11 is 5.74. The summed E-state index contributed by atoms with van der Waals surface area (Å²) in [7, 11) is 1.99. The minimum absolute atomic E-state index is 0.1000. The number of aromatic nitrogens is 2. The molecule has 0 unspecified atom stereocenters. The number of aliphatic hydroxyl groups excluding tert-OH is 2. The maximum absolute atomic E-state index is 12.9. The van der Waals surface area contributed by atoms with E-state index in [0.717, 1.165) is 38.4 Å². The molecule has 1 saturated carbocycles. The van der Waals surface area contributed by atoms with Gasteiger partial charge in [0.25, 0.3) is 0 Å². The Morgan fingerprint density at radius 3 is 2.64 bits per heavy atom. The van der Waals surface area contributed by atoms with Crippen LogP contribution in [0, 0.1) is 5.92 Å². The third-order valence-corrected chi connectivity index (χ3v) is 5.70. The first kappa shape index (κ1) is 21.4. The number of imidazole rings is 1. The van der Waals surface area contributed by atoms with E-state index in [1.807, 2.05) is 7.05 Å². The van der Waals surface area contributed by atoms with E-state index >= 15 is 0 Å². The quantitative estimate of drug-likeness (QED) is 0.599. The molecule has 1 aliphatic carbocycles. The normalized spacial score (nSPS) is 23.2. The van der Waals surface area contributed by atoms with Crippen molar-refractivity contribution in [3.8, 4) is 0 Å². The monoisotopic (exact) mass is 419 g/mol. The van der Waals surface area contributed by atoms with Crippen molar-refractivity contribution in [3.63, 3.8) is 0 Å². The summed E-state index contributed by atoms with van der Waals surface area (Å²) in [6.07, 6.45) is -1.93. The van der Waals surface area contributed by atoms with Crippen molar-refractivity contribution in [1.29, 1.82) is 0 Å². The topological polar surface area (TPSA) is 72.4 Å². The Balaban J connectivity index is 1.49. The highest BCUT2D eigenvalue weighted by molar-refractivity contribution is 6.32. The van der Waals surface area contributed by atoms with E-state index in [1.165, 1.54) is 6.07 Å². The van der Waals surface area contributed by atoms with Gasteiger partial charge in [-0.15, -0.1) is 0 Å². The van der Waals surface area contributed by atoms with E-state index in [-0.39, 0.29) is 16.5 Å². The lowest BCUT2D eigenvalue weighted by Gasteiger charge is -2.23. The van der Waals surface area contributed by atoms with Gasteiger partial charge >= 0.3 is 6.18 Å². The van der Waals surface area contributed by atoms with Gasteiger partial charge in [-0.3, -0.25) is 0 Å². The number of H-pyrrole nitrogens is 1. The number of halogens is 4. The van der Waals surface area contributed by atoms with Gasteiger partial charge in [0.05, 0.1) is 33.8 Å². The van der Waals surface area contributed by atoms with Crippen LogP contribution in [-0.4, -0.2) is 57.4 Å². The number of benzene rings is 1. The van der Waals surface area contributed by atoms with Crippen LogP contribution in [0.1, 0.15) is 37.1 Å². The standard InChI is InChI=1S/C19H25ClF3N3O2/c1-26(10-11-5-6-16(27)18(11)28)7-3-2-4-17-24-14-8-12(19(21,22)23)13(20)9-15(14)25-17/h8-9,11,16,18,27-28H,2-7,10H2,1H3,(H,24,25)/t11-,16+,18-/m1/s1. The Morgan fingerprint density at radius 1 is 1.25 bits per heavy atom. The average molecular weight is 420 g/mol. The molecule has 0 amide bonds. The summed E-state index contributed by atoms with van der Waals surface area (Å²) in [5, 5.41) is 19.2. The van der Waals surface area contributed by atoms with Crippen LogP contribution in [0.25, 0.3) is 11.0 Å². The Morgan fingerprint density at radius 2 is 2.00 bits per heavy atom. The van der Waals surface area contributed by atoms with Gasteiger partial charge in [-0.05, 0) is 51.4 Å². The van der Waals surface area contributed by atoms with Gasteiger partial charge in [0, 0.05) is 18.9 Å². The number of aliphatic hydroxyl groups is 2. The van der Waals surface area contributed by atoms with Crippen molar-refractivity contribution in [1.82, 2.24) is 14.9 Å². The van der Waals surface area contributed by atoms with E-state index < -0.39 is 23.9 Å². The lowest BCUT2D eigenvalue weighted by Crippen LogP contribution is -2.34. The second-order valence-corrected chi connectivity index (χ2v) is 8.05. The van der Waals surface area contributed by atoms with Crippen LogP contribution in [0.2, 0.25) is 5.02 Å². The van der Waals surface area contributed by atoms with E-state index in [1.54, 1.807) is 0 Å². The molecule has 0 bridgehead atoms. The fourth-order valence-corrected chi connectivity index (χ4v) is 4.10. The molecule has 1 fully saturated rings. The zero-order valence-electron chi connectivity index (χ0n) is 15.6. The van der Waals surface area contributed by atoms with Crippen LogP contribution in [0.3, 0.4) is 0 Å². The van der Waals surface area contributed by atoms with E-state index in [2.05, 4.69) is 14.9 Å². The first-order valence-corrected chi connectivity index (χ1v) is 9.83. The fourth-order valence-electron chi connectivity index (χ4n) is 3.82. The van der Waals surface area contributed by atoms with Gasteiger partial charge in [-0.25, -0.2) is 4.98 Å². The van der Waals surface area contributed by atoms with Gasteiger partial charge in [-0.2, -0.15) is 13.2 Å². The van der Waals surface area contributed by atoms with Crippen molar-refractivity contribution in [3.05, 3.63) is 28.5 Å². The number of hydrogen-bond acceptors (Lipinski definition) is 4. The molecule has 3 atom stereocenters. The van der Waals surface area contributed by atoms with Crippen LogP contribution >= 0.6 is 11.6 Å². The van der Waals surface area contributed by atoms with Crippen molar-refractivity contribution >= 4 is 22.6 Å². The van der Waals surface area contributed by atoms with E-state index in [4.69, 9.17) is 11.6 Å². The molecule has 9 heteroatoms. The molecule has 1 aromatic heterocycles. The molecule has 1 heterocycles. The van der Waals surface area contributed by atoms with Crippen LogP contribution in [-0.2, 0) is 12.6 Å². The zero-order chi connectivity index (χ0) is 20.5. The molecular formula is C19H25ClF3N3O2. The number of aryl methyl sites for hydroxylation is 1. The fraction of sp³-hybridized carbons (Fsp3) is 0.632. The summed E-state index contributed by atoms with van der Waals surface area (Å²) in [5.41, 5.74) is -0.114. The van der Waals surface area contributed by atoms with Gasteiger partial charge in [0.1, 0.15) is 5.82 Å². The number of hydrogen-bond donors (Lipinski definition) is 3. The molecule has 2 aromatic rings. The smallest absolute Gasteiger partial charge is 0.390 e. The molecule has 3 rings (SSSR count). The molecule has 28 heavy (non-hydrogen) atoms. The van der Waals surface area contributed by atoms with Crippen LogP contribution in [0.5, 0.6) is 0 Å². The molecule has 0 saturated heterocycles. The van der Waals surface area contributed by atoms with Crippen molar-refractivity contribution < 1.29 is 23.4 Å². The van der Waals surface area contributed by atoms with Gasteiger partial charge in [-0.1, -0.05) is 11.6 Å². The lowest BCUT2D eigenvalue weighted by atomic mass is 10.0. The van der Waals surface area contributed by atoms with Gasteiger partial charge in [0.15, 0.2) is 0 Å². The third-order valence-electron chi connectivity index (χ3n) is 5.39. The predicted molar refractivity (Wildman–Crippen MR) is 101 cm³/mol. The van der Waals surface area contributed by atoms with E-state index in [9.17, 15) is 23.4 Å². The number of alkyl halides is 3. The summed E-state index contributed by atoms with van der Waals surface area (Å²) in [5.74, 6) is 0.741. The van der Waals surface area contributed by atoms with Gasteiger partial charge < -0.3 is 20.1 Å². The molecule has 156 valence electrons. The highest BCUT2D eigenvalue weighted by atomic mass is 35.5. The number of nitrogens with zero attached hydrogens (tertiary/aromatic N) is 2. The highest BCUT2D eigenvalue weighted by Gasteiger charge is 2.34. The highest BCUT2D eigenvalue weighted by Crippen LogP contribution is 2.36. The SMILES string of the molecule is CN(CCCCc1nc2cc(C(F)(F)F)c(Cl)cc2[nH]1)C[C@H]1CC[C@H](O)[C@@H]1O. The molecule has 1 aliphatic rings. The Labute approximate surface area is 166 Å². The minimum Gasteiger partial charge on any atom is -0.390 e. The third kappa shape index (κ3) is 4.97. The van der Waals surface area contributed by atoms with Crippen LogP contribution in [0.4, 0.5) is 13.2 Å². The minimum atomic E-state index is -4.50. The largest absolute Gasteiger partial charge is 0.417 e. The molecule has 5 nitrogen and oxygen atoms in total. The molecule has 1 aromatic carbocycles. The molecule has 0 aliphatic heterocycles. The second-order valence-electron chi connectivity index (χ2n) is 7.65. The number of fused-ring (bicyclic) bond motifs is 1. The predicted octanol–water partition coefficient (Wildman–Crippen LogP) is 3.62. The van der Waals surface area contributed by atoms with E-state index in [0.29, 0.717) is 24.2 Å². The molecule has 0 radical (unpaired) electrons. The number of unbranched alkanes of at least 4 members (excludes halogenated alkanes) is 1. The number of aromatic amines is 1. The average Bonchev–Trinajstić information content (AvgIpc) is 3.14. The summed E-state index contributed by atoms with van der Waals surface area (Å²) in [6, 6.07) is 2.25. The Bertz CT molecular complexity index is 812. The van der Waals surface area contributed by atoms with Crippen LogP contribution in [0.15, 0.2) is 12.1 Å². The zero-order valence-corrected chi connectivity index (χ0v) is 16.4. The number of nitrogens with one attached hydrogen (secondary N) is 1.